The average Bonchev–Trinajstić information content (AvgIpc) is 2.47. The molecule has 0 unspecified atom stereocenters. The lowest BCUT2D eigenvalue weighted by atomic mass is 10.2. The smallest absolute Gasteiger partial charge is 0.253 e. The van der Waals surface area contributed by atoms with E-state index in [4.69, 9.17) is 11.6 Å². The third-order valence-corrected chi connectivity index (χ3v) is 3.08. The van der Waals surface area contributed by atoms with Crippen molar-refractivity contribution in [3.8, 4) is 0 Å². The molecule has 0 bridgehead atoms. The maximum absolute atomic E-state index is 12.1. The zero-order chi connectivity index (χ0) is 14.5. The second kappa shape index (κ2) is 6.34. The Balaban J connectivity index is 2.06. The maximum atomic E-state index is 12.1. The van der Waals surface area contributed by atoms with Crippen molar-refractivity contribution in [1.29, 1.82) is 0 Å². The molecule has 0 fully saturated rings. The van der Waals surface area contributed by atoms with Crippen molar-refractivity contribution in [2.45, 2.75) is 13.5 Å². The van der Waals surface area contributed by atoms with Crippen LogP contribution >= 0.6 is 11.6 Å². The van der Waals surface area contributed by atoms with E-state index in [2.05, 4.69) is 20.6 Å². The minimum absolute atomic E-state index is 0.241. The molecule has 0 aliphatic rings. The first-order chi connectivity index (χ1) is 9.60. The summed E-state index contributed by atoms with van der Waals surface area (Å²) in [4.78, 5) is 20.3. The van der Waals surface area contributed by atoms with Crippen LogP contribution in [0.3, 0.4) is 0 Å². The van der Waals surface area contributed by atoms with Gasteiger partial charge in [0.15, 0.2) is 0 Å². The molecule has 2 aromatic heterocycles. The van der Waals surface area contributed by atoms with Crippen LogP contribution in [-0.4, -0.2) is 22.9 Å². The van der Waals surface area contributed by atoms with Gasteiger partial charge < -0.3 is 10.6 Å². The molecule has 6 heteroatoms. The molecule has 0 atom stereocenters. The fourth-order valence-electron chi connectivity index (χ4n) is 1.63. The predicted molar refractivity (Wildman–Crippen MR) is 78.9 cm³/mol. The molecule has 0 aliphatic heterocycles. The summed E-state index contributed by atoms with van der Waals surface area (Å²) in [6.07, 6.45) is 3.19. The predicted octanol–water partition coefficient (Wildman–Crippen LogP) is 2.41. The molecule has 20 heavy (non-hydrogen) atoms. The zero-order valence-electron chi connectivity index (χ0n) is 11.3. The van der Waals surface area contributed by atoms with Gasteiger partial charge in [0.2, 0.25) is 0 Å². The Morgan fingerprint density at radius 2 is 2.10 bits per heavy atom. The fraction of sp³-hybridized carbons (Fsp3) is 0.214. The van der Waals surface area contributed by atoms with Crippen LogP contribution in [0.5, 0.6) is 0 Å². The summed E-state index contributed by atoms with van der Waals surface area (Å²) >= 11 is 5.99. The van der Waals surface area contributed by atoms with E-state index < -0.39 is 0 Å². The lowest BCUT2D eigenvalue weighted by Gasteiger charge is -2.08. The molecular formula is C14H15ClN4O. The molecule has 1 amide bonds. The van der Waals surface area contributed by atoms with Crippen LogP contribution in [0, 0.1) is 6.92 Å². The van der Waals surface area contributed by atoms with Gasteiger partial charge in [-0.1, -0.05) is 17.7 Å². The van der Waals surface area contributed by atoms with E-state index in [-0.39, 0.29) is 5.91 Å². The number of aryl methyl sites for hydroxylation is 1. The number of hydrogen-bond acceptors (Lipinski definition) is 4. The van der Waals surface area contributed by atoms with Crippen LogP contribution in [0.15, 0.2) is 30.6 Å². The number of carbonyl (C=O) groups is 1. The van der Waals surface area contributed by atoms with E-state index in [0.717, 1.165) is 11.3 Å². The molecule has 2 N–H and O–H groups in total. The number of nitrogens with one attached hydrogen (secondary N) is 2. The van der Waals surface area contributed by atoms with E-state index in [0.29, 0.717) is 22.9 Å². The number of anilines is 1. The first kappa shape index (κ1) is 14.3. The first-order valence-corrected chi connectivity index (χ1v) is 6.51. The van der Waals surface area contributed by atoms with Crippen molar-refractivity contribution >= 4 is 23.3 Å². The fourth-order valence-corrected chi connectivity index (χ4v) is 1.82. The minimum atomic E-state index is -0.241. The topological polar surface area (TPSA) is 66.9 Å². The standard InChI is InChI=1S/C14H15ClN4O/c1-9-3-4-10(6-17-9)7-19-14(20)11-5-13(16-2)18-8-12(11)15/h3-6,8H,7H2,1-2H3,(H,16,18)(H,19,20). The number of hydrogen-bond donors (Lipinski definition) is 2. The minimum Gasteiger partial charge on any atom is -0.373 e. The normalized spacial score (nSPS) is 10.2. The van der Waals surface area contributed by atoms with Gasteiger partial charge in [-0.2, -0.15) is 0 Å². The number of nitrogens with zero attached hydrogens (tertiary/aromatic N) is 2. The molecule has 2 aromatic rings. The Kier molecular flexibility index (Phi) is 4.53. The summed E-state index contributed by atoms with van der Waals surface area (Å²) in [6.45, 7) is 2.32. The van der Waals surface area contributed by atoms with E-state index in [1.165, 1.54) is 6.20 Å². The summed E-state index contributed by atoms with van der Waals surface area (Å²) in [5.41, 5.74) is 2.27. The highest BCUT2D eigenvalue weighted by Crippen LogP contribution is 2.17. The molecule has 2 rings (SSSR count). The summed E-state index contributed by atoms with van der Waals surface area (Å²) in [5, 5.41) is 6.00. The van der Waals surface area contributed by atoms with Crippen LogP contribution in [0.2, 0.25) is 5.02 Å². The van der Waals surface area contributed by atoms with Gasteiger partial charge in [-0.25, -0.2) is 4.98 Å². The maximum Gasteiger partial charge on any atom is 0.253 e. The van der Waals surface area contributed by atoms with Crippen molar-refractivity contribution in [3.05, 3.63) is 52.4 Å². The van der Waals surface area contributed by atoms with E-state index in [1.807, 2.05) is 19.1 Å². The van der Waals surface area contributed by atoms with Crippen LogP contribution in [0.4, 0.5) is 5.82 Å². The summed E-state index contributed by atoms with van der Waals surface area (Å²) < 4.78 is 0. The van der Waals surface area contributed by atoms with Gasteiger partial charge >= 0.3 is 0 Å². The van der Waals surface area contributed by atoms with E-state index >= 15 is 0 Å². The number of halogens is 1. The lowest BCUT2D eigenvalue weighted by molar-refractivity contribution is 0.0951. The monoisotopic (exact) mass is 290 g/mol. The van der Waals surface area contributed by atoms with Gasteiger partial charge in [0, 0.05) is 31.7 Å². The largest absolute Gasteiger partial charge is 0.373 e. The van der Waals surface area contributed by atoms with Crippen molar-refractivity contribution in [2.75, 3.05) is 12.4 Å². The van der Waals surface area contributed by atoms with Gasteiger partial charge in [-0.05, 0) is 24.6 Å². The summed E-state index contributed by atoms with van der Waals surface area (Å²) in [7, 11) is 1.73. The van der Waals surface area contributed by atoms with E-state index in [1.54, 1.807) is 19.3 Å². The Morgan fingerprint density at radius 3 is 2.75 bits per heavy atom. The molecule has 5 nitrogen and oxygen atoms in total. The van der Waals surface area contributed by atoms with Crippen molar-refractivity contribution in [1.82, 2.24) is 15.3 Å². The number of amides is 1. The van der Waals surface area contributed by atoms with Crippen LogP contribution < -0.4 is 10.6 Å². The molecule has 0 aliphatic carbocycles. The highest BCUT2D eigenvalue weighted by Gasteiger charge is 2.11. The van der Waals surface area contributed by atoms with Gasteiger partial charge in [0.25, 0.3) is 5.91 Å². The molecule has 0 saturated heterocycles. The lowest BCUT2D eigenvalue weighted by Crippen LogP contribution is -2.23. The van der Waals surface area contributed by atoms with Crippen molar-refractivity contribution in [3.63, 3.8) is 0 Å². The zero-order valence-corrected chi connectivity index (χ0v) is 12.0. The summed E-state index contributed by atoms with van der Waals surface area (Å²) in [6, 6.07) is 5.45. The third kappa shape index (κ3) is 3.45. The van der Waals surface area contributed by atoms with Crippen molar-refractivity contribution < 1.29 is 4.79 Å². The second-order valence-corrected chi connectivity index (χ2v) is 4.70. The van der Waals surface area contributed by atoms with Gasteiger partial charge in [-0.3, -0.25) is 9.78 Å². The van der Waals surface area contributed by atoms with Gasteiger partial charge in [-0.15, -0.1) is 0 Å². The molecule has 2 heterocycles. The highest BCUT2D eigenvalue weighted by molar-refractivity contribution is 6.33. The van der Waals surface area contributed by atoms with E-state index in [9.17, 15) is 4.79 Å². The average molecular weight is 291 g/mol. The van der Waals surface area contributed by atoms with Gasteiger partial charge in [0.1, 0.15) is 5.82 Å². The third-order valence-electron chi connectivity index (χ3n) is 2.78. The summed E-state index contributed by atoms with van der Waals surface area (Å²) in [5.74, 6) is 0.353. The highest BCUT2D eigenvalue weighted by atomic mass is 35.5. The molecule has 104 valence electrons. The number of carbonyl (C=O) groups excluding carboxylic acids is 1. The van der Waals surface area contributed by atoms with Crippen LogP contribution in [-0.2, 0) is 6.54 Å². The first-order valence-electron chi connectivity index (χ1n) is 6.13. The van der Waals surface area contributed by atoms with Crippen LogP contribution in [0.1, 0.15) is 21.6 Å². The molecule has 0 saturated carbocycles. The number of rotatable bonds is 4. The molecular weight excluding hydrogens is 276 g/mol. The Hall–Kier alpha value is -2.14. The Labute approximate surface area is 122 Å². The van der Waals surface area contributed by atoms with Crippen LogP contribution in [0.25, 0.3) is 0 Å². The number of aromatic nitrogens is 2. The van der Waals surface area contributed by atoms with Gasteiger partial charge in [0.05, 0.1) is 10.6 Å². The SMILES string of the molecule is CNc1cc(C(=O)NCc2ccc(C)nc2)c(Cl)cn1. The Morgan fingerprint density at radius 1 is 1.30 bits per heavy atom. The second-order valence-electron chi connectivity index (χ2n) is 4.29. The Bertz CT molecular complexity index is 613. The molecule has 0 radical (unpaired) electrons. The molecule has 0 spiro atoms. The van der Waals surface area contributed by atoms with Crippen molar-refractivity contribution in [2.24, 2.45) is 0 Å². The number of pyridine rings is 2. The quantitative estimate of drug-likeness (QED) is 0.907. The molecule has 0 aromatic carbocycles.